The van der Waals surface area contributed by atoms with Gasteiger partial charge in [-0.1, -0.05) is 17.7 Å². The van der Waals surface area contributed by atoms with Crippen molar-refractivity contribution in [2.45, 2.75) is 24.8 Å². The van der Waals surface area contributed by atoms with Crippen molar-refractivity contribution in [2.75, 3.05) is 6.26 Å². The normalized spacial score (nSPS) is 12.5. The van der Waals surface area contributed by atoms with Crippen molar-refractivity contribution in [3.05, 3.63) is 64.2 Å². The van der Waals surface area contributed by atoms with Gasteiger partial charge >= 0.3 is 5.97 Å². The molecular formula is C18H17ClO5S. The van der Waals surface area contributed by atoms with Gasteiger partial charge in [0.15, 0.2) is 15.9 Å². The first kappa shape index (κ1) is 19.1. The van der Waals surface area contributed by atoms with Gasteiger partial charge in [-0.3, -0.25) is 4.79 Å². The Bertz CT molecular complexity index is 917. The monoisotopic (exact) mass is 380 g/mol. The molecular weight excluding hydrogens is 364 g/mol. The highest BCUT2D eigenvalue weighted by Gasteiger charge is 2.22. The van der Waals surface area contributed by atoms with E-state index < -0.39 is 21.9 Å². The summed E-state index contributed by atoms with van der Waals surface area (Å²) in [5.41, 5.74) is 1.04. The average Bonchev–Trinajstić information content (AvgIpc) is 2.54. The number of halogens is 1. The third kappa shape index (κ3) is 4.67. The Labute approximate surface area is 151 Å². The van der Waals surface area contributed by atoms with Crippen LogP contribution in [0.3, 0.4) is 0 Å². The molecule has 25 heavy (non-hydrogen) atoms. The van der Waals surface area contributed by atoms with Crippen molar-refractivity contribution in [2.24, 2.45) is 0 Å². The topological polar surface area (TPSA) is 77.5 Å². The molecule has 132 valence electrons. The van der Waals surface area contributed by atoms with E-state index in [9.17, 15) is 18.0 Å². The zero-order valence-electron chi connectivity index (χ0n) is 13.9. The summed E-state index contributed by atoms with van der Waals surface area (Å²) in [4.78, 5) is 24.7. The van der Waals surface area contributed by atoms with E-state index in [4.69, 9.17) is 16.3 Å². The molecule has 0 aliphatic rings. The lowest BCUT2D eigenvalue weighted by molar-refractivity contribution is 0.0318. The minimum absolute atomic E-state index is 0.0155. The maximum atomic E-state index is 12.4. The molecule has 0 aliphatic heterocycles. The number of ketones is 1. The van der Waals surface area contributed by atoms with Crippen LogP contribution in [0.1, 0.15) is 33.2 Å². The van der Waals surface area contributed by atoms with Gasteiger partial charge in [0.1, 0.15) is 0 Å². The number of carbonyl (C=O) groups is 2. The van der Waals surface area contributed by atoms with Crippen LogP contribution in [0.25, 0.3) is 0 Å². The minimum atomic E-state index is -3.45. The number of aryl methyl sites for hydroxylation is 1. The predicted molar refractivity (Wildman–Crippen MR) is 94.9 cm³/mol. The second kappa shape index (κ2) is 7.37. The fraction of sp³-hybridized carbons (Fsp3) is 0.222. The van der Waals surface area contributed by atoms with E-state index in [2.05, 4.69) is 0 Å². The second-order valence-electron chi connectivity index (χ2n) is 5.67. The van der Waals surface area contributed by atoms with E-state index >= 15 is 0 Å². The number of benzene rings is 2. The van der Waals surface area contributed by atoms with Crippen LogP contribution in [-0.2, 0) is 14.6 Å². The summed E-state index contributed by atoms with van der Waals surface area (Å²) in [5.74, 6) is -1.13. The van der Waals surface area contributed by atoms with Crippen LogP contribution in [0.4, 0.5) is 0 Å². The number of Topliss-reactive ketones (excluding diaryl/α,β-unsaturated/α-hetero) is 1. The Balaban J connectivity index is 2.21. The smallest absolute Gasteiger partial charge is 0.339 e. The first-order valence-corrected chi connectivity index (χ1v) is 9.68. The highest BCUT2D eigenvalue weighted by Crippen LogP contribution is 2.18. The van der Waals surface area contributed by atoms with Crippen LogP contribution in [0.5, 0.6) is 0 Å². The maximum absolute atomic E-state index is 12.4. The molecule has 0 unspecified atom stereocenters. The summed E-state index contributed by atoms with van der Waals surface area (Å²) in [6.45, 7) is 3.12. The third-order valence-electron chi connectivity index (χ3n) is 3.64. The largest absolute Gasteiger partial charge is 0.451 e. The second-order valence-corrected chi connectivity index (χ2v) is 8.12. The minimum Gasteiger partial charge on any atom is -0.451 e. The molecule has 0 bridgehead atoms. The van der Waals surface area contributed by atoms with Crippen LogP contribution in [0.15, 0.2) is 47.4 Å². The average molecular weight is 381 g/mol. The zero-order chi connectivity index (χ0) is 18.8. The predicted octanol–water partition coefficient (Wildman–Crippen LogP) is 3.48. The SMILES string of the molecule is Cc1ccc(S(C)(=O)=O)cc1C(=O)O[C@H](C)C(=O)c1ccc(Cl)cc1. The van der Waals surface area contributed by atoms with Crippen molar-refractivity contribution in [1.82, 2.24) is 0 Å². The third-order valence-corrected chi connectivity index (χ3v) is 5.00. The number of sulfone groups is 1. The number of ether oxygens (including phenoxy) is 1. The standard InChI is InChI=1S/C18H17ClO5S/c1-11-4-9-15(25(3,22)23)10-16(11)18(21)24-12(2)17(20)13-5-7-14(19)8-6-13/h4-10,12H,1-3H3/t12-/m1/s1. The number of hydrogen-bond donors (Lipinski definition) is 0. The molecule has 0 saturated carbocycles. The lowest BCUT2D eigenvalue weighted by Crippen LogP contribution is -2.25. The summed E-state index contributed by atoms with van der Waals surface area (Å²) in [7, 11) is -3.45. The van der Waals surface area contributed by atoms with Crippen molar-refractivity contribution < 1.29 is 22.7 Å². The summed E-state index contributed by atoms with van der Waals surface area (Å²) in [6, 6.07) is 10.4. The van der Waals surface area contributed by atoms with E-state index in [0.717, 1.165) is 6.26 Å². The van der Waals surface area contributed by atoms with E-state index in [1.807, 2.05) is 0 Å². The van der Waals surface area contributed by atoms with Crippen LogP contribution in [0.2, 0.25) is 5.02 Å². The van der Waals surface area contributed by atoms with Gasteiger partial charge in [0, 0.05) is 16.8 Å². The Morgan fingerprint density at radius 3 is 2.24 bits per heavy atom. The van der Waals surface area contributed by atoms with Crippen molar-refractivity contribution in [3.8, 4) is 0 Å². The van der Waals surface area contributed by atoms with Gasteiger partial charge in [-0.25, -0.2) is 13.2 Å². The van der Waals surface area contributed by atoms with Gasteiger partial charge in [0.2, 0.25) is 5.78 Å². The molecule has 0 N–H and O–H groups in total. The molecule has 2 aromatic rings. The summed E-state index contributed by atoms with van der Waals surface area (Å²) in [5, 5.41) is 0.495. The van der Waals surface area contributed by atoms with E-state index in [-0.39, 0.29) is 16.2 Å². The molecule has 0 fully saturated rings. The van der Waals surface area contributed by atoms with Gasteiger partial charge in [0.25, 0.3) is 0 Å². The lowest BCUT2D eigenvalue weighted by Gasteiger charge is -2.14. The van der Waals surface area contributed by atoms with Crippen LogP contribution >= 0.6 is 11.6 Å². The highest BCUT2D eigenvalue weighted by molar-refractivity contribution is 7.90. The molecule has 5 nitrogen and oxygen atoms in total. The Morgan fingerprint density at radius 1 is 1.08 bits per heavy atom. The first-order chi connectivity index (χ1) is 11.6. The fourth-order valence-electron chi connectivity index (χ4n) is 2.18. The molecule has 2 rings (SSSR count). The summed E-state index contributed by atoms with van der Waals surface area (Å²) in [6.07, 6.45) is 0.0365. The fourth-order valence-corrected chi connectivity index (χ4v) is 2.95. The van der Waals surface area contributed by atoms with Crippen molar-refractivity contribution in [1.29, 1.82) is 0 Å². The molecule has 0 saturated heterocycles. The molecule has 0 aliphatic carbocycles. The number of rotatable bonds is 5. The molecule has 0 heterocycles. The van der Waals surface area contributed by atoms with Crippen molar-refractivity contribution in [3.63, 3.8) is 0 Å². The highest BCUT2D eigenvalue weighted by atomic mass is 35.5. The van der Waals surface area contributed by atoms with Gasteiger partial charge in [-0.05, 0) is 55.8 Å². The van der Waals surface area contributed by atoms with E-state index in [1.54, 1.807) is 31.2 Å². The molecule has 0 spiro atoms. The molecule has 0 radical (unpaired) electrons. The number of hydrogen-bond acceptors (Lipinski definition) is 5. The summed E-state index contributed by atoms with van der Waals surface area (Å²) >= 11 is 5.78. The molecule has 0 amide bonds. The Morgan fingerprint density at radius 2 is 1.68 bits per heavy atom. The Hall–Kier alpha value is -2.18. The van der Waals surface area contributed by atoms with E-state index in [1.165, 1.54) is 25.1 Å². The molecule has 7 heteroatoms. The molecule has 0 aromatic heterocycles. The van der Waals surface area contributed by atoms with Gasteiger partial charge in [-0.2, -0.15) is 0 Å². The molecule has 2 aromatic carbocycles. The summed E-state index contributed by atoms with van der Waals surface area (Å²) < 4.78 is 28.5. The first-order valence-electron chi connectivity index (χ1n) is 7.41. The van der Waals surface area contributed by atoms with Crippen molar-refractivity contribution >= 4 is 33.2 Å². The van der Waals surface area contributed by atoms with E-state index in [0.29, 0.717) is 16.1 Å². The van der Waals surface area contributed by atoms with Gasteiger partial charge < -0.3 is 4.74 Å². The maximum Gasteiger partial charge on any atom is 0.339 e. The van der Waals surface area contributed by atoms with Crippen LogP contribution in [0, 0.1) is 6.92 Å². The zero-order valence-corrected chi connectivity index (χ0v) is 15.5. The van der Waals surface area contributed by atoms with Crippen LogP contribution < -0.4 is 0 Å². The number of carbonyl (C=O) groups excluding carboxylic acids is 2. The lowest BCUT2D eigenvalue weighted by atomic mass is 10.1. The molecule has 1 atom stereocenters. The number of esters is 1. The Kier molecular flexibility index (Phi) is 5.65. The van der Waals surface area contributed by atoms with Crippen LogP contribution in [-0.4, -0.2) is 32.5 Å². The quantitative estimate of drug-likeness (QED) is 0.586. The van der Waals surface area contributed by atoms with Gasteiger partial charge in [-0.15, -0.1) is 0 Å². The van der Waals surface area contributed by atoms with Gasteiger partial charge in [0.05, 0.1) is 10.5 Å².